The number of nitrogens with zero attached hydrogens (tertiary/aromatic N) is 3. The smallest absolute Gasteiger partial charge is 0.195 e. The average molecular weight is 276 g/mol. The van der Waals surface area contributed by atoms with Crippen LogP contribution in [0.3, 0.4) is 0 Å². The number of ether oxygens (including phenoxy) is 1. The highest BCUT2D eigenvalue weighted by atomic mass is 32.1. The van der Waals surface area contributed by atoms with E-state index in [1.807, 2.05) is 16.7 Å². The predicted molar refractivity (Wildman–Crippen MR) is 74.2 cm³/mol. The summed E-state index contributed by atoms with van der Waals surface area (Å²) in [7, 11) is 0. The van der Waals surface area contributed by atoms with Crippen LogP contribution in [0.2, 0.25) is 0 Å². The van der Waals surface area contributed by atoms with E-state index < -0.39 is 0 Å². The van der Waals surface area contributed by atoms with Gasteiger partial charge in [-0.05, 0) is 37.2 Å². The van der Waals surface area contributed by atoms with Crippen molar-refractivity contribution in [2.45, 2.75) is 19.4 Å². The lowest BCUT2D eigenvalue weighted by Gasteiger charge is -2.22. The van der Waals surface area contributed by atoms with Crippen LogP contribution in [0.4, 0.5) is 0 Å². The number of hydrogen-bond donors (Lipinski definition) is 1. The van der Waals surface area contributed by atoms with E-state index in [9.17, 15) is 0 Å². The highest BCUT2D eigenvalue weighted by molar-refractivity contribution is 7.71. The van der Waals surface area contributed by atoms with Crippen molar-refractivity contribution in [3.63, 3.8) is 0 Å². The van der Waals surface area contributed by atoms with Crippen LogP contribution in [-0.4, -0.2) is 33.0 Å². The number of H-pyrrole nitrogens is 1. The van der Waals surface area contributed by atoms with Crippen LogP contribution < -0.4 is 0 Å². The van der Waals surface area contributed by atoms with Crippen molar-refractivity contribution >= 4 is 12.2 Å². The molecule has 1 saturated heterocycles. The van der Waals surface area contributed by atoms with Gasteiger partial charge < -0.3 is 4.74 Å². The average Bonchev–Trinajstić information content (AvgIpc) is 2.82. The summed E-state index contributed by atoms with van der Waals surface area (Å²) in [4.78, 5) is 4.13. The van der Waals surface area contributed by atoms with E-state index in [0.717, 1.165) is 37.6 Å². The van der Waals surface area contributed by atoms with Crippen molar-refractivity contribution in [3.8, 4) is 11.4 Å². The topological polar surface area (TPSA) is 55.7 Å². The molecular weight excluding hydrogens is 260 g/mol. The van der Waals surface area contributed by atoms with Crippen LogP contribution in [0.15, 0.2) is 24.5 Å². The largest absolute Gasteiger partial charge is 0.381 e. The lowest BCUT2D eigenvalue weighted by atomic mass is 10.0. The van der Waals surface area contributed by atoms with Crippen molar-refractivity contribution in [2.75, 3.05) is 13.2 Å². The van der Waals surface area contributed by atoms with Gasteiger partial charge in [-0.25, -0.2) is 0 Å². The quantitative estimate of drug-likeness (QED) is 0.875. The van der Waals surface area contributed by atoms with Gasteiger partial charge >= 0.3 is 0 Å². The Bertz CT molecular complexity index is 586. The molecule has 3 rings (SSSR count). The first-order valence-corrected chi connectivity index (χ1v) is 6.89. The van der Waals surface area contributed by atoms with E-state index >= 15 is 0 Å². The zero-order valence-corrected chi connectivity index (χ0v) is 11.4. The van der Waals surface area contributed by atoms with Gasteiger partial charge in [0.05, 0.1) is 6.61 Å². The van der Waals surface area contributed by atoms with Crippen LogP contribution in [0.25, 0.3) is 11.4 Å². The number of hydrogen-bond acceptors (Lipinski definition) is 4. The molecule has 0 bridgehead atoms. The molecule has 3 heterocycles. The minimum Gasteiger partial charge on any atom is -0.381 e. The standard InChI is InChI=1S/C13H16N4OS/c19-13-16-15-12(11-4-1-5-14-7-11)17(13)8-10-3-2-6-18-9-10/h1,4-5,7,10H,2-3,6,8-9H2,(H,16,19). The Morgan fingerprint density at radius 3 is 3.21 bits per heavy atom. The van der Waals surface area contributed by atoms with E-state index in [0.29, 0.717) is 10.7 Å². The Morgan fingerprint density at radius 1 is 1.53 bits per heavy atom. The second-order valence-electron chi connectivity index (χ2n) is 4.79. The molecule has 1 aliphatic rings. The molecule has 1 fully saturated rings. The van der Waals surface area contributed by atoms with Crippen LogP contribution in [-0.2, 0) is 11.3 Å². The van der Waals surface area contributed by atoms with Gasteiger partial charge in [0.1, 0.15) is 0 Å². The van der Waals surface area contributed by atoms with Crippen molar-refractivity contribution in [2.24, 2.45) is 5.92 Å². The maximum absolute atomic E-state index is 5.53. The van der Waals surface area contributed by atoms with E-state index in [-0.39, 0.29) is 0 Å². The lowest BCUT2D eigenvalue weighted by molar-refractivity contribution is 0.0483. The van der Waals surface area contributed by atoms with Gasteiger partial charge in [-0.1, -0.05) is 0 Å². The predicted octanol–water partition coefficient (Wildman–Crippen LogP) is 2.43. The van der Waals surface area contributed by atoms with Crippen LogP contribution in [0.5, 0.6) is 0 Å². The normalized spacial score (nSPS) is 19.5. The first-order valence-electron chi connectivity index (χ1n) is 6.48. The number of pyridine rings is 1. The summed E-state index contributed by atoms with van der Waals surface area (Å²) < 4.78 is 8.23. The highest BCUT2D eigenvalue weighted by Crippen LogP contribution is 2.21. The molecule has 0 spiro atoms. The summed E-state index contributed by atoms with van der Waals surface area (Å²) in [6, 6.07) is 3.90. The molecule has 1 aliphatic heterocycles. The fraction of sp³-hybridized carbons (Fsp3) is 0.462. The lowest BCUT2D eigenvalue weighted by Crippen LogP contribution is -2.22. The van der Waals surface area contributed by atoms with Crippen LogP contribution in [0, 0.1) is 10.7 Å². The molecule has 5 nitrogen and oxygen atoms in total. The van der Waals surface area contributed by atoms with Gasteiger partial charge in [0.25, 0.3) is 0 Å². The van der Waals surface area contributed by atoms with E-state index in [1.165, 1.54) is 6.42 Å². The van der Waals surface area contributed by atoms with Crippen molar-refractivity contribution in [1.29, 1.82) is 0 Å². The maximum Gasteiger partial charge on any atom is 0.195 e. The van der Waals surface area contributed by atoms with Gasteiger partial charge in [0, 0.05) is 37.0 Å². The Balaban J connectivity index is 1.88. The third-order valence-electron chi connectivity index (χ3n) is 3.37. The zero-order chi connectivity index (χ0) is 13.1. The third kappa shape index (κ3) is 2.74. The summed E-state index contributed by atoms with van der Waals surface area (Å²) >= 11 is 5.32. The summed E-state index contributed by atoms with van der Waals surface area (Å²) in [6.07, 6.45) is 5.86. The maximum atomic E-state index is 5.53. The molecule has 0 aliphatic carbocycles. The Hall–Kier alpha value is -1.53. The number of nitrogens with one attached hydrogen (secondary N) is 1. The fourth-order valence-corrected chi connectivity index (χ4v) is 2.62. The summed E-state index contributed by atoms with van der Waals surface area (Å²) in [5.41, 5.74) is 0.978. The van der Waals surface area contributed by atoms with Gasteiger partial charge in [-0.2, -0.15) is 5.10 Å². The Kier molecular flexibility index (Phi) is 3.70. The molecule has 0 amide bonds. The molecule has 6 heteroatoms. The van der Waals surface area contributed by atoms with Gasteiger partial charge in [0.15, 0.2) is 10.6 Å². The van der Waals surface area contributed by atoms with Crippen molar-refractivity contribution < 1.29 is 4.74 Å². The van der Waals surface area contributed by atoms with Gasteiger partial charge in [0.2, 0.25) is 0 Å². The molecule has 2 aromatic heterocycles. The van der Waals surface area contributed by atoms with Crippen molar-refractivity contribution in [3.05, 3.63) is 29.3 Å². The minimum absolute atomic E-state index is 0.508. The first kappa shape index (κ1) is 12.5. The molecule has 0 saturated carbocycles. The molecule has 100 valence electrons. The third-order valence-corrected chi connectivity index (χ3v) is 3.69. The summed E-state index contributed by atoms with van der Waals surface area (Å²) in [6.45, 7) is 2.53. The van der Waals surface area contributed by atoms with Gasteiger partial charge in [-0.15, -0.1) is 0 Å². The number of aromatic nitrogens is 4. The molecule has 1 atom stereocenters. The molecule has 19 heavy (non-hydrogen) atoms. The molecule has 1 unspecified atom stereocenters. The monoisotopic (exact) mass is 276 g/mol. The number of rotatable bonds is 3. The number of aromatic amines is 1. The fourth-order valence-electron chi connectivity index (χ4n) is 2.41. The second kappa shape index (κ2) is 5.63. The summed E-state index contributed by atoms with van der Waals surface area (Å²) in [5.74, 6) is 1.36. The van der Waals surface area contributed by atoms with E-state index in [4.69, 9.17) is 17.0 Å². The van der Waals surface area contributed by atoms with Crippen LogP contribution >= 0.6 is 12.2 Å². The van der Waals surface area contributed by atoms with Gasteiger partial charge in [-0.3, -0.25) is 14.6 Å². The Morgan fingerprint density at radius 2 is 2.47 bits per heavy atom. The molecule has 2 aromatic rings. The molecule has 0 aromatic carbocycles. The highest BCUT2D eigenvalue weighted by Gasteiger charge is 2.17. The molecule has 0 radical (unpaired) electrons. The zero-order valence-electron chi connectivity index (χ0n) is 10.6. The first-order chi connectivity index (χ1) is 9.34. The Labute approximate surface area is 116 Å². The SMILES string of the molecule is S=c1[nH]nc(-c2cccnc2)n1CC1CCCOC1. The van der Waals surface area contributed by atoms with Crippen LogP contribution in [0.1, 0.15) is 12.8 Å². The minimum atomic E-state index is 0.508. The summed E-state index contributed by atoms with van der Waals surface area (Å²) in [5, 5.41) is 7.19. The molecule has 1 N–H and O–H groups in total. The van der Waals surface area contributed by atoms with E-state index in [1.54, 1.807) is 12.4 Å². The second-order valence-corrected chi connectivity index (χ2v) is 5.17. The van der Waals surface area contributed by atoms with Crippen molar-refractivity contribution in [1.82, 2.24) is 19.7 Å². The van der Waals surface area contributed by atoms with E-state index in [2.05, 4.69) is 15.2 Å². The molecular formula is C13H16N4OS.